The van der Waals surface area contributed by atoms with Gasteiger partial charge in [0.25, 0.3) is 5.69 Å². The smallest absolute Gasteiger partial charge is 0.278 e. The van der Waals surface area contributed by atoms with Gasteiger partial charge in [0, 0.05) is 17.3 Å². The number of nitro groups is 1. The van der Waals surface area contributed by atoms with E-state index in [0.717, 1.165) is 0 Å². The molecular formula is C14H8BrFN2O2. The Kier molecular flexibility index (Phi) is 3.02. The van der Waals surface area contributed by atoms with Crippen LogP contribution in [0.25, 0.3) is 22.2 Å². The number of nitrogens with one attached hydrogen (secondary N) is 1. The summed E-state index contributed by atoms with van der Waals surface area (Å²) >= 11 is 3.13. The van der Waals surface area contributed by atoms with E-state index in [2.05, 4.69) is 20.9 Å². The van der Waals surface area contributed by atoms with Crippen molar-refractivity contribution < 1.29 is 9.31 Å². The van der Waals surface area contributed by atoms with E-state index < -0.39 is 10.7 Å². The summed E-state index contributed by atoms with van der Waals surface area (Å²) in [6, 6.07) is 11.3. The monoisotopic (exact) mass is 334 g/mol. The van der Waals surface area contributed by atoms with Crippen molar-refractivity contribution in [1.82, 2.24) is 4.98 Å². The minimum Gasteiger partial charge on any atom is -0.354 e. The van der Waals surface area contributed by atoms with Gasteiger partial charge in [-0.05, 0) is 40.2 Å². The zero-order valence-electron chi connectivity index (χ0n) is 10.1. The molecule has 0 aliphatic rings. The van der Waals surface area contributed by atoms with Gasteiger partial charge in [0.05, 0.1) is 20.3 Å². The molecule has 1 heterocycles. The second-order valence-electron chi connectivity index (χ2n) is 4.28. The number of rotatable bonds is 2. The standard InChI is InChI=1S/C14H8BrFN2O2/c15-10-4-1-3-8(14(10)16)12-7-9-11(17-12)5-2-6-13(9)18(19)20/h1-7,17H. The third-order valence-corrected chi connectivity index (χ3v) is 3.69. The number of fused-ring (bicyclic) bond motifs is 1. The van der Waals surface area contributed by atoms with Gasteiger partial charge in [0.1, 0.15) is 5.82 Å². The van der Waals surface area contributed by atoms with Crippen LogP contribution in [0.4, 0.5) is 10.1 Å². The van der Waals surface area contributed by atoms with Crippen molar-refractivity contribution in [2.75, 3.05) is 0 Å². The Bertz CT molecular complexity index is 829. The van der Waals surface area contributed by atoms with Crippen molar-refractivity contribution in [3.8, 4) is 11.3 Å². The van der Waals surface area contributed by atoms with Crippen LogP contribution in [-0.4, -0.2) is 9.91 Å². The van der Waals surface area contributed by atoms with Gasteiger partial charge in [-0.2, -0.15) is 0 Å². The average Bonchev–Trinajstić information content (AvgIpc) is 2.84. The van der Waals surface area contributed by atoms with Gasteiger partial charge in [0.2, 0.25) is 0 Å². The van der Waals surface area contributed by atoms with Gasteiger partial charge < -0.3 is 4.98 Å². The van der Waals surface area contributed by atoms with Crippen LogP contribution in [0.15, 0.2) is 46.9 Å². The highest BCUT2D eigenvalue weighted by atomic mass is 79.9. The lowest BCUT2D eigenvalue weighted by molar-refractivity contribution is -0.383. The summed E-state index contributed by atoms with van der Waals surface area (Å²) in [4.78, 5) is 13.6. The summed E-state index contributed by atoms with van der Waals surface area (Å²) in [5, 5.41) is 11.5. The lowest BCUT2D eigenvalue weighted by Gasteiger charge is -2.01. The normalized spacial score (nSPS) is 10.9. The molecule has 0 aliphatic heterocycles. The predicted molar refractivity (Wildman–Crippen MR) is 78.0 cm³/mol. The predicted octanol–water partition coefficient (Wildman–Crippen LogP) is 4.64. The maximum Gasteiger partial charge on any atom is 0.278 e. The number of benzene rings is 2. The van der Waals surface area contributed by atoms with E-state index in [1.54, 1.807) is 36.4 Å². The van der Waals surface area contributed by atoms with E-state index in [4.69, 9.17) is 0 Å². The number of nitrogens with zero attached hydrogens (tertiary/aromatic N) is 1. The molecule has 1 aromatic heterocycles. The van der Waals surface area contributed by atoms with E-state index >= 15 is 0 Å². The Morgan fingerprint density at radius 2 is 1.95 bits per heavy atom. The molecule has 6 heteroatoms. The van der Waals surface area contributed by atoms with Crippen molar-refractivity contribution in [3.05, 3.63) is 62.9 Å². The fourth-order valence-electron chi connectivity index (χ4n) is 2.16. The quantitative estimate of drug-likeness (QED) is 0.548. The van der Waals surface area contributed by atoms with Crippen molar-refractivity contribution in [1.29, 1.82) is 0 Å². The van der Waals surface area contributed by atoms with Crippen LogP contribution in [0.3, 0.4) is 0 Å². The first-order valence-corrected chi connectivity index (χ1v) is 6.58. The molecule has 0 bridgehead atoms. The molecule has 20 heavy (non-hydrogen) atoms. The van der Waals surface area contributed by atoms with Crippen LogP contribution in [-0.2, 0) is 0 Å². The summed E-state index contributed by atoms with van der Waals surface area (Å²) in [5.41, 5.74) is 1.48. The maximum absolute atomic E-state index is 14.1. The molecule has 0 saturated heterocycles. The SMILES string of the molecule is O=[N+]([O-])c1cccc2[nH]c(-c3cccc(Br)c3F)cc12. The highest BCUT2D eigenvalue weighted by Gasteiger charge is 2.16. The maximum atomic E-state index is 14.1. The Morgan fingerprint density at radius 1 is 1.20 bits per heavy atom. The second kappa shape index (κ2) is 4.72. The number of aromatic amines is 1. The van der Waals surface area contributed by atoms with Gasteiger partial charge in [-0.15, -0.1) is 0 Å². The van der Waals surface area contributed by atoms with Crippen LogP contribution >= 0.6 is 15.9 Å². The highest BCUT2D eigenvalue weighted by molar-refractivity contribution is 9.10. The molecule has 0 saturated carbocycles. The molecule has 2 aromatic carbocycles. The summed E-state index contributed by atoms with van der Waals surface area (Å²) in [5.74, 6) is -0.401. The van der Waals surface area contributed by atoms with Gasteiger partial charge >= 0.3 is 0 Å². The van der Waals surface area contributed by atoms with Crippen LogP contribution < -0.4 is 0 Å². The van der Waals surface area contributed by atoms with Crippen molar-refractivity contribution in [3.63, 3.8) is 0 Å². The van der Waals surface area contributed by atoms with Gasteiger partial charge in [-0.1, -0.05) is 12.1 Å². The fraction of sp³-hybridized carbons (Fsp3) is 0. The molecule has 0 unspecified atom stereocenters. The first-order chi connectivity index (χ1) is 9.58. The van der Waals surface area contributed by atoms with Crippen molar-refractivity contribution in [2.45, 2.75) is 0 Å². The van der Waals surface area contributed by atoms with Gasteiger partial charge in [-0.25, -0.2) is 4.39 Å². The van der Waals surface area contributed by atoms with E-state index in [9.17, 15) is 14.5 Å². The van der Waals surface area contributed by atoms with Crippen LogP contribution in [0.5, 0.6) is 0 Å². The second-order valence-corrected chi connectivity index (χ2v) is 5.13. The first-order valence-electron chi connectivity index (χ1n) is 5.78. The number of halogens is 2. The minimum atomic E-state index is -0.447. The fourth-order valence-corrected chi connectivity index (χ4v) is 2.52. The third-order valence-electron chi connectivity index (χ3n) is 3.08. The summed E-state index contributed by atoms with van der Waals surface area (Å²) in [6.45, 7) is 0. The molecule has 0 aliphatic carbocycles. The molecule has 3 rings (SSSR count). The van der Waals surface area contributed by atoms with Crippen molar-refractivity contribution >= 4 is 32.5 Å². The average molecular weight is 335 g/mol. The summed E-state index contributed by atoms with van der Waals surface area (Å²) in [7, 11) is 0. The lowest BCUT2D eigenvalue weighted by Crippen LogP contribution is -1.87. The molecule has 0 amide bonds. The minimum absolute atomic E-state index is 0.000375. The first kappa shape index (κ1) is 12.8. The number of hydrogen-bond donors (Lipinski definition) is 1. The Morgan fingerprint density at radius 3 is 2.70 bits per heavy atom. The van der Waals surface area contributed by atoms with Crippen molar-refractivity contribution in [2.24, 2.45) is 0 Å². The molecule has 0 spiro atoms. The van der Waals surface area contributed by atoms with E-state index in [1.807, 2.05) is 0 Å². The molecule has 100 valence electrons. The Hall–Kier alpha value is -2.21. The van der Waals surface area contributed by atoms with Gasteiger partial charge in [-0.3, -0.25) is 10.1 Å². The largest absolute Gasteiger partial charge is 0.354 e. The summed E-state index contributed by atoms with van der Waals surface area (Å²) < 4.78 is 14.4. The van der Waals surface area contributed by atoms with Crippen LogP contribution in [0.2, 0.25) is 0 Å². The van der Waals surface area contributed by atoms with Crippen LogP contribution in [0, 0.1) is 15.9 Å². The molecular weight excluding hydrogens is 327 g/mol. The van der Waals surface area contributed by atoms with E-state index in [1.165, 1.54) is 6.07 Å². The molecule has 1 N–H and O–H groups in total. The molecule has 0 radical (unpaired) electrons. The van der Waals surface area contributed by atoms with E-state index in [0.29, 0.717) is 26.6 Å². The number of hydrogen-bond acceptors (Lipinski definition) is 2. The number of nitro benzene ring substituents is 1. The topological polar surface area (TPSA) is 58.9 Å². The highest BCUT2D eigenvalue weighted by Crippen LogP contribution is 2.33. The molecule has 4 nitrogen and oxygen atoms in total. The number of non-ortho nitro benzene ring substituents is 1. The summed E-state index contributed by atoms with van der Waals surface area (Å²) in [6.07, 6.45) is 0. The Balaban J connectivity index is 2.26. The number of H-pyrrole nitrogens is 1. The zero-order chi connectivity index (χ0) is 14.3. The Labute approximate surface area is 121 Å². The number of aromatic nitrogens is 1. The zero-order valence-corrected chi connectivity index (χ0v) is 11.6. The third kappa shape index (κ3) is 1.98. The lowest BCUT2D eigenvalue weighted by atomic mass is 10.1. The molecule has 3 aromatic rings. The van der Waals surface area contributed by atoms with E-state index in [-0.39, 0.29) is 5.69 Å². The van der Waals surface area contributed by atoms with Crippen LogP contribution in [0.1, 0.15) is 0 Å². The molecule has 0 atom stereocenters. The molecule has 0 fully saturated rings. The van der Waals surface area contributed by atoms with Gasteiger partial charge in [0.15, 0.2) is 0 Å².